The van der Waals surface area contributed by atoms with Gasteiger partial charge in [-0.1, -0.05) is 6.07 Å². The largest absolute Gasteiger partial charge is 0.496 e. The van der Waals surface area contributed by atoms with Crippen LogP contribution in [-0.4, -0.2) is 97.2 Å². The van der Waals surface area contributed by atoms with Crippen LogP contribution in [-0.2, 0) is 30.0 Å². The van der Waals surface area contributed by atoms with E-state index in [-0.39, 0.29) is 43.5 Å². The van der Waals surface area contributed by atoms with Crippen LogP contribution >= 0.6 is 0 Å². The normalized spacial score (nSPS) is 12.8. The average Bonchev–Trinajstić information content (AvgIpc) is 3.35. The number of likely N-dealkylation sites (N-methyl/N-ethyl adjacent to an activating group) is 1. The zero-order valence-corrected chi connectivity index (χ0v) is 27.0. The highest BCUT2D eigenvalue weighted by Crippen LogP contribution is 2.35. The first kappa shape index (κ1) is 35.4. The van der Waals surface area contributed by atoms with Crippen LogP contribution in [0.4, 0.5) is 4.79 Å². The fourth-order valence-electron chi connectivity index (χ4n) is 4.30. The number of amides is 4. The lowest BCUT2D eigenvalue weighted by Crippen LogP contribution is -2.38. The van der Waals surface area contributed by atoms with E-state index in [2.05, 4.69) is 5.32 Å². The maximum atomic E-state index is 13.0. The van der Waals surface area contributed by atoms with Crippen molar-refractivity contribution in [3.63, 3.8) is 0 Å². The Morgan fingerprint density at radius 1 is 0.891 bits per heavy atom. The molecule has 0 atom stereocenters. The van der Waals surface area contributed by atoms with Crippen molar-refractivity contribution in [2.75, 3.05) is 55.1 Å². The molecule has 14 nitrogen and oxygen atoms in total. The number of carbonyl (C=O) groups excluding carboxylic acids is 4. The minimum absolute atomic E-state index is 0.0130. The third-order valence-corrected chi connectivity index (χ3v) is 8.04. The van der Waals surface area contributed by atoms with Gasteiger partial charge in [0.15, 0.2) is 21.3 Å². The molecule has 0 unspecified atom stereocenters. The SMILES string of the molecule is COc1cc(OC)c(/C=C/S(=O)(=O)Cc2ccc(OC)c(OC(=O)N(C)CCNC(=O)CCCN3C(=O)C=CC3=O)c2)c(OC)c1. The molecule has 0 aliphatic carbocycles. The molecule has 1 heterocycles. The van der Waals surface area contributed by atoms with Crippen molar-refractivity contribution in [1.29, 1.82) is 0 Å². The molecule has 2 aromatic rings. The van der Waals surface area contributed by atoms with Gasteiger partial charge in [0.2, 0.25) is 5.91 Å². The van der Waals surface area contributed by atoms with Crippen LogP contribution in [0.25, 0.3) is 6.08 Å². The van der Waals surface area contributed by atoms with Gasteiger partial charge in [0.1, 0.15) is 17.2 Å². The predicted molar refractivity (Wildman–Crippen MR) is 168 cm³/mol. The van der Waals surface area contributed by atoms with Gasteiger partial charge in [-0.25, -0.2) is 13.2 Å². The Balaban J connectivity index is 1.57. The second kappa shape index (κ2) is 16.3. The fourth-order valence-corrected chi connectivity index (χ4v) is 5.39. The molecule has 1 aliphatic rings. The molecule has 3 rings (SSSR count). The highest BCUT2D eigenvalue weighted by Gasteiger charge is 2.23. The Bertz CT molecular complexity index is 1580. The number of nitrogens with one attached hydrogen (secondary N) is 1. The number of benzene rings is 2. The maximum Gasteiger partial charge on any atom is 0.415 e. The highest BCUT2D eigenvalue weighted by molar-refractivity contribution is 7.93. The van der Waals surface area contributed by atoms with E-state index in [4.69, 9.17) is 23.7 Å². The lowest BCUT2D eigenvalue weighted by Gasteiger charge is -2.18. The summed E-state index contributed by atoms with van der Waals surface area (Å²) in [7, 11) is 3.42. The van der Waals surface area contributed by atoms with E-state index < -0.39 is 33.5 Å². The molecule has 248 valence electrons. The summed E-state index contributed by atoms with van der Waals surface area (Å²) in [4.78, 5) is 50.3. The van der Waals surface area contributed by atoms with E-state index in [0.29, 0.717) is 34.8 Å². The van der Waals surface area contributed by atoms with Crippen molar-refractivity contribution in [2.24, 2.45) is 0 Å². The summed E-state index contributed by atoms with van der Waals surface area (Å²) < 4.78 is 52.8. The van der Waals surface area contributed by atoms with Crippen LogP contribution < -0.4 is 29.0 Å². The summed E-state index contributed by atoms with van der Waals surface area (Å²) in [5.74, 6) is -0.101. The van der Waals surface area contributed by atoms with Gasteiger partial charge in [-0.05, 0) is 30.2 Å². The third-order valence-electron chi connectivity index (χ3n) is 6.76. The molecular weight excluding hydrogens is 622 g/mol. The van der Waals surface area contributed by atoms with E-state index in [1.807, 2.05) is 0 Å². The smallest absolute Gasteiger partial charge is 0.415 e. The average molecular weight is 660 g/mol. The zero-order valence-electron chi connectivity index (χ0n) is 26.2. The van der Waals surface area contributed by atoms with Gasteiger partial charge in [0.05, 0.1) is 39.8 Å². The first-order chi connectivity index (χ1) is 21.9. The minimum atomic E-state index is -3.81. The van der Waals surface area contributed by atoms with Crippen LogP contribution in [0.3, 0.4) is 0 Å². The molecule has 46 heavy (non-hydrogen) atoms. The first-order valence-electron chi connectivity index (χ1n) is 14.0. The van der Waals surface area contributed by atoms with Crippen molar-refractivity contribution in [1.82, 2.24) is 15.1 Å². The second-order valence-electron chi connectivity index (χ2n) is 9.95. The zero-order chi connectivity index (χ0) is 33.9. The van der Waals surface area contributed by atoms with Crippen molar-refractivity contribution >= 4 is 39.7 Å². The standard InChI is InChI=1S/C31H37N3O11S/c1-33(15-13-32-28(35)7-6-14-34-29(36)10-11-30(34)37)31(38)45-27-17-21(8-9-24(27)42-3)20-46(39,40)16-12-23-25(43-4)18-22(41-2)19-26(23)44-5/h8-12,16-19H,6-7,13-15,20H2,1-5H3,(H,32,35)/b16-12+. The molecule has 0 fully saturated rings. The van der Waals surface area contributed by atoms with Crippen molar-refractivity contribution in [3.8, 4) is 28.7 Å². The molecule has 0 bridgehead atoms. The molecular formula is C31H37N3O11S. The van der Waals surface area contributed by atoms with Crippen LogP contribution in [0.2, 0.25) is 0 Å². The van der Waals surface area contributed by atoms with Gasteiger partial charge in [0, 0.05) is 62.8 Å². The number of hydrogen-bond donors (Lipinski definition) is 1. The molecule has 0 saturated heterocycles. The predicted octanol–water partition coefficient (Wildman–Crippen LogP) is 2.56. The van der Waals surface area contributed by atoms with E-state index in [1.54, 1.807) is 18.2 Å². The van der Waals surface area contributed by atoms with Crippen LogP contribution in [0.1, 0.15) is 24.0 Å². The summed E-state index contributed by atoms with van der Waals surface area (Å²) in [5, 5.41) is 3.71. The quantitative estimate of drug-likeness (QED) is 0.263. The van der Waals surface area contributed by atoms with Gasteiger partial charge in [-0.3, -0.25) is 19.3 Å². The minimum Gasteiger partial charge on any atom is -0.496 e. The Morgan fingerprint density at radius 2 is 1.52 bits per heavy atom. The summed E-state index contributed by atoms with van der Waals surface area (Å²) in [6.07, 6.45) is 3.37. The topological polar surface area (TPSA) is 167 Å². The van der Waals surface area contributed by atoms with Gasteiger partial charge in [0.25, 0.3) is 11.8 Å². The van der Waals surface area contributed by atoms with Gasteiger partial charge >= 0.3 is 6.09 Å². The van der Waals surface area contributed by atoms with E-state index >= 15 is 0 Å². The second-order valence-corrected chi connectivity index (χ2v) is 11.8. The van der Waals surface area contributed by atoms with Crippen molar-refractivity contribution in [3.05, 3.63) is 59.0 Å². The van der Waals surface area contributed by atoms with E-state index in [0.717, 1.165) is 10.3 Å². The van der Waals surface area contributed by atoms with E-state index in [9.17, 15) is 27.6 Å². The number of imide groups is 1. The molecule has 0 spiro atoms. The lowest BCUT2D eigenvalue weighted by atomic mass is 10.1. The lowest BCUT2D eigenvalue weighted by molar-refractivity contribution is -0.137. The third kappa shape index (κ3) is 9.72. The molecule has 15 heteroatoms. The summed E-state index contributed by atoms with van der Waals surface area (Å²) in [5.41, 5.74) is 0.746. The summed E-state index contributed by atoms with van der Waals surface area (Å²) in [6.45, 7) is 0.366. The molecule has 1 aliphatic heterocycles. The van der Waals surface area contributed by atoms with Crippen molar-refractivity contribution in [2.45, 2.75) is 18.6 Å². The number of sulfone groups is 1. The van der Waals surface area contributed by atoms with E-state index in [1.165, 1.54) is 70.7 Å². The van der Waals surface area contributed by atoms with Crippen LogP contribution in [0.5, 0.6) is 28.7 Å². The molecule has 0 aromatic heterocycles. The van der Waals surface area contributed by atoms with Gasteiger partial charge in [-0.15, -0.1) is 0 Å². The van der Waals surface area contributed by atoms with Gasteiger partial charge in [-0.2, -0.15) is 0 Å². The molecule has 1 N–H and O–H groups in total. The van der Waals surface area contributed by atoms with Crippen molar-refractivity contribution < 1.29 is 51.3 Å². The number of carbonyl (C=O) groups is 4. The maximum absolute atomic E-state index is 13.0. The number of nitrogens with zero attached hydrogens (tertiary/aromatic N) is 2. The van der Waals surface area contributed by atoms with Crippen LogP contribution in [0.15, 0.2) is 47.9 Å². The molecule has 0 radical (unpaired) electrons. The Labute approximate surface area is 267 Å². The number of ether oxygens (including phenoxy) is 5. The molecule has 4 amide bonds. The Morgan fingerprint density at radius 3 is 2.11 bits per heavy atom. The highest BCUT2D eigenvalue weighted by atomic mass is 32.2. The van der Waals surface area contributed by atoms with Crippen LogP contribution in [0, 0.1) is 0 Å². The Kier molecular flexibility index (Phi) is 12.6. The first-order valence-corrected chi connectivity index (χ1v) is 15.7. The monoisotopic (exact) mass is 659 g/mol. The molecule has 0 saturated carbocycles. The number of hydrogen-bond acceptors (Lipinski definition) is 11. The Hall–Kier alpha value is -5.05. The molecule has 2 aromatic carbocycles. The summed E-state index contributed by atoms with van der Waals surface area (Å²) in [6, 6.07) is 7.64. The number of rotatable bonds is 16. The summed E-state index contributed by atoms with van der Waals surface area (Å²) >= 11 is 0. The number of methoxy groups -OCH3 is 4. The van der Waals surface area contributed by atoms with Gasteiger partial charge < -0.3 is 33.9 Å². The fraction of sp³-hybridized carbons (Fsp3) is 0.355.